The van der Waals surface area contributed by atoms with Crippen LogP contribution in [0.3, 0.4) is 0 Å². The topological polar surface area (TPSA) is 96.7 Å². The second-order valence-electron chi connectivity index (χ2n) is 7.04. The minimum atomic E-state index is -0.346. The van der Waals surface area contributed by atoms with E-state index < -0.39 is 0 Å². The fourth-order valence-electron chi connectivity index (χ4n) is 3.61. The van der Waals surface area contributed by atoms with E-state index in [0.29, 0.717) is 33.9 Å². The molecule has 1 aliphatic rings. The minimum Gasteiger partial charge on any atom is -0.497 e. The molecule has 8 nitrogen and oxygen atoms in total. The number of rotatable bonds is 7. The van der Waals surface area contributed by atoms with Crippen LogP contribution in [-0.2, 0) is 13.1 Å². The van der Waals surface area contributed by atoms with Crippen molar-refractivity contribution in [2.75, 3.05) is 7.11 Å². The summed E-state index contributed by atoms with van der Waals surface area (Å²) in [6, 6.07) is 12.2. The lowest BCUT2D eigenvalue weighted by atomic mass is 10.1. The smallest absolute Gasteiger partial charge is 0.261 e. The van der Waals surface area contributed by atoms with Gasteiger partial charge in [-0.1, -0.05) is 24.3 Å². The molecular formula is C23H22N4O4. The van der Waals surface area contributed by atoms with Crippen molar-refractivity contribution in [2.45, 2.75) is 20.0 Å². The number of ether oxygens (including phenoxy) is 1. The van der Waals surface area contributed by atoms with Crippen LogP contribution in [0.1, 0.15) is 33.5 Å². The number of imide groups is 1. The SMILES string of the molecule is C/C=C\C=C(\Cn1c(CN2C(=O)c3ccccc3C2=O)nc2ccc(OC)cc21)NO. The number of allylic oxidation sites excluding steroid dienone is 4. The summed E-state index contributed by atoms with van der Waals surface area (Å²) in [5.74, 6) is 0.472. The van der Waals surface area contributed by atoms with Crippen molar-refractivity contribution in [3.05, 3.63) is 83.3 Å². The highest BCUT2D eigenvalue weighted by molar-refractivity contribution is 6.21. The zero-order chi connectivity index (χ0) is 22.0. The normalized spacial score (nSPS) is 14.0. The second kappa shape index (κ2) is 8.45. The largest absolute Gasteiger partial charge is 0.497 e. The number of fused-ring (bicyclic) bond motifs is 2. The number of hydrogen-bond acceptors (Lipinski definition) is 6. The molecule has 0 fully saturated rings. The van der Waals surface area contributed by atoms with Crippen LogP contribution < -0.4 is 10.2 Å². The first-order valence-electron chi connectivity index (χ1n) is 9.77. The molecule has 0 spiro atoms. The van der Waals surface area contributed by atoms with Crippen molar-refractivity contribution in [1.29, 1.82) is 0 Å². The second-order valence-corrected chi connectivity index (χ2v) is 7.04. The zero-order valence-corrected chi connectivity index (χ0v) is 17.2. The molecule has 2 aromatic carbocycles. The maximum atomic E-state index is 12.8. The molecule has 2 amide bonds. The molecule has 4 rings (SSSR count). The highest BCUT2D eigenvalue weighted by atomic mass is 16.5. The van der Waals surface area contributed by atoms with Crippen molar-refractivity contribution in [3.63, 3.8) is 0 Å². The number of amides is 2. The van der Waals surface area contributed by atoms with Gasteiger partial charge in [-0.3, -0.25) is 25.2 Å². The fraction of sp³-hybridized carbons (Fsp3) is 0.174. The minimum absolute atomic E-state index is 0.00562. The zero-order valence-electron chi connectivity index (χ0n) is 17.2. The van der Waals surface area contributed by atoms with E-state index in [-0.39, 0.29) is 24.9 Å². The molecular weight excluding hydrogens is 396 g/mol. The number of carbonyl (C=O) groups is 2. The fourth-order valence-corrected chi connectivity index (χ4v) is 3.61. The molecule has 0 saturated carbocycles. The third-order valence-corrected chi connectivity index (χ3v) is 5.17. The van der Waals surface area contributed by atoms with Crippen molar-refractivity contribution in [2.24, 2.45) is 0 Å². The van der Waals surface area contributed by atoms with E-state index in [1.807, 2.05) is 29.7 Å². The molecule has 158 valence electrons. The van der Waals surface area contributed by atoms with Gasteiger partial charge in [0.05, 0.1) is 48.1 Å². The van der Waals surface area contributed by atoms with Gasteiger partial charge in [0.2, 0.25) is 0 Å². The summed E-state index contributed by atoms with van der Waals surface area (Å²) >= 11 is 0. The molecule has 0 bridgehead atoms. The Morgan fingerprint density at radius 1 is 1.16 bits per heavy atom. The summed E-state index contributed by atoms with van der Waals surface area (Å²) < 4.78 is 7.19. The molecule has 2 heterocycles. The molecule has 3 aromatic rings. The molecule has 8 heteroatoms. The molecule has 0 radical (unpaired) electrons. The number of imidazole rings is 1. The van der Waals surface area contributed by atoms with Crippen LogP contribution in [0.4, 0.5) is 0 Å². The quantitative estimate of drug-likeness (QED) is 0.347. The van der Waals surface area contributed by atoms with Crippen LogP contribution in [0, 0.1) is 0 Å². The molecule has 2 N–H and O–H groups in total. The molecule has 31 heavy (non-hydrogen) atoms. The Morgan fingerprint density at radius 2 is 1.87 bits per heavy atom. The molecule has 0 unspecified atom stereocenters. The van der Waals surface area contributed by atoms with E-state index in [9.17, 15) is 14.8 Å². The van der Waals surface area contributed by atoms with Crippen molar-refractivity contribution in [1.82, 2.24) is 19.9 Å². The highest BCUT2D eigenvalue weighted by Crippen LogP contribution is 2.27. The third-order valence-electron chi connectivity index (χ3n) is 5.17. The van der Waals surface area contributed by atoms with Crippen molar-refractivity contribution >= 4 is 22.8 Å². The Labute approximate surface area is 179 Å². The summed E-state index contributed by atoms with van der Waals surface area (Å²) in [5, 5.41) is 9.57. The predicted octanol–water partition coefficient (Wildman–Crippen LogP) is 3.28. The Kier molecular flexibility index (Phi) is 5.55. The van der Waals surface area contributed by atoms with Gasteiger partial charge in [0.1, 0.15) is 11.6 Å². The standard InChI is InChI=1S/C23H22N4O4/c1-3-4-7-15(25-30)13-26-20-12-16(31-2)10-11-19(20)24-21(26)14-27-22(28)17-8-5-6-9-18(17)23(27)29/h3-12,25,30H,13-14H2,1-2H3/b4-3-,15-7-. The average Bonchev–Trinajstić information content (AvgIpc) is 3.26. The number of nitrogens with zero attached hydrogens (tertiary/aromatic N) is 3. The number of benzene rings is 2. The number of nitrogens with one attached hydrogen (secondary N) is 1. The monoisotopic (exact) mass is 418 g/mol. The first-order valence-corrected chi connectivity index (χ1v) is 9.77. The van der Waals surface area contributed by atoms with Gasteiger partial charge in [0.15, 0.2) is 0 Å². The van der Waals surface area contributed by atoms with Gasteiger partial charge in [0, 0.05) is 6.07 Å². The Bertz CT molecular complexity index is 1190. The summed E-state index contributed by atoms with van der Waals surface area (Å²) in [6.45, 7) is 2.13. The maximum absolute atomic E-state index is 12.8. The lowest BCUT2D eigenvalue weighted by molar-refractivity contribution is 0.0636. The predicted molar refractivity (Wildman–Crippen MR) is 115 cm³/mol. The van der Waals surface area contributed by atoms with Crippen LogP contribution in [0.15, 0.2) is 66.4 Å². The van der Waals surface area contributed by atoms with Crippen LogP contribution in [0.25, 0.3) is 11.0 Å². The summed E-state index contributed by atoms with van der Waals surface area (Å²) in [7, 11) is 1.58. The first-order chi connectivity index (χ1) is 15.1. The number of aromatic nitrogens is 2. The summed E-state index contributed by atoms with van der Waals surface area (Å²) in [6.07, 6.45) is 5.37. The van der Waals surface area contributed by atoms with Crippen molar-refractivity contribution in [3.8, 4) is 5.75 Å². The molecule has 0 atom stereocenters. The number of methoxy groups -OCH3 is 1. The van der Waals surface area contributed by atoms with Gasteiger partial charge in [-0.15, -0.1) is 0 Å². The van der Waals surface area contributed by atoms with Gasteiger partial charge >= 0.3 is 0 Å². The number of carbonyl (C=O) groups excluding carboxylic acids is 2. The molecule has 0 saturated heterocycles. The summed E-state index contributed by atoms with van der Waals surface area (Å²) in [4.78, 5) is 31.5. The van der Waals surface area contributed by atoms with E-state index >= 15 is 0 Å². The van der Waals surface area contributed by atoms with Gasteiger partial charge in [-0.05, 0) is 37.3 Å². The Morgan fingerprint density at radius 3 is 2.48 bits per heavy atom. The Hall–Kier alpha value is -3.91. The molecule has 0 aliphatic carbocycles. The van der Waals surface area contributed by atoms with E-state index in [4.69, 9.17) is 4.74 Å². The van der Waals surface area contributed by atoms with Gasteiger partial charge in [-0.25, -0.2) is 4.98 Å². The third kappa shape index (κ3) is 3.69. The van der Waals surface area contributed by atoms with E-state index in [0.717, 1.165) is 5.52 Å². The number of hydroxylamine groups is 1. The molecule has 1 aliphatic heterocycles. The summed E-state index contributed by atoms with van der Waals surface area (Å²) in [5.41, 5.74) is 4.95. The van der Waals surface area contributed by atoms with Crippen molar-refractivity contribution < 1.29 is 19.5 Å². The van der Waals surface area contributed by atoms with E-state index in [1.165, 1.54) is 4.90 Å². The average molecular weight is 418 g/mol. The lowest BCUT2D eigenvalue weighted by Gasteiger charge is -2.16. The van der Waals surface area contributed by atoms with Gasteiger partial charge in [0.25, 0.3) is 11.8 Å². The number of hydrogen-bond donors (Lipinski definition) is 2. The Balaban J connectivity index is 1.77. The van der Waals surface area contributed by atoms with E-state index in [1.54, 1.807) is 49.6 Å². The highest BCUT2D eigenvalue weighted by Gasteiger charge is 2.36. The van der Waals surface area contributed by atoms with Gasteiger partial charge in [-0.2, -0.15) is 0 Å². The molecule has 1 aromatic heterocycles. The maximum Gasteiger partial charge on any atom is 0.261 e. The van der Waals surface area contributed by atoms with E-state index in [2.05, 4.69) is 10.5 Å². The van der Waals surface area contributed by atoms with Crippen LogP contribution in [0.2, 0.25) is 0 Å². The lowest BCUT2D eigenvalue weighted by Crippen LogP contribution is -2.31. The van der Waals surface area contributed by atoms with Crippen LogP contribution in [0.5, 0.6) is 5.75 Å². The van der Waals surface area contributed by atoms with Crippen LogP contribution >= 0.6 is 0 Å². The van der Waals surface area contributed by atoms with Gasteiger partial charge < -0.3 is 9.30 Å². The van der Waals surface area contributed by atoms with Crippen LogP contribution in [-0.4, -0.2) is 38.6 Å². The first kappa shape index (κ1) is 20.4.